The monoisotopic (exact) mass is 421 g/mol. The second-order valence-corrected chi connectivity index (χ2v) is 7.25. The van der Waals surface area contributed by atoms with Gasteiger partial charge in [-0.1, -0.05) is 43.7 Å². The molecule has 2 aromatic carbocycles. The van der Waals surface area contributed by atoms with E-state index in [1.54, 1.807) is 0 Å². The Hall–Kier alpha value is -2.58. The van der Waals surface area contributed by atoms with Gasteiger partial charge in [0.25, 0.3) is 0 Å². The normalized spacial score (nSPS) is 18.9. The highest BCUT2D eigenvalue weighted by Crippen LogP contribution is 2.32. The van der Waals surface area contributed by atoms with Crippen LogP contribution in [0.25, 0.3) is 0 Å². The molecule has 1 aliphatic rings. The minimum absolute atomic E-state index is 0.0439. The summed E-state index contributed by atoms with van der Waals surface area (Å²) in [4.78, 5) is 12.7. The zero-order valence-corrected chi connectivity index (χ0v) is 16.8. The summed E-state index contributed by atoms with van der Waals surface area (Å²) in [6.07, 6.45) is -2.42. The molecule has 0 radical (unpaired) electrons. The van der Waals surface area contributed by atoms with Crippen LogP contribution >= 0.6 is 0 Å². The summed E-state index contributed by atoms with van der Waals surface area (Å²) in [6, 6.07) is 12.5. The molecule has 5 nitrogen and oxygen atoms in total. The lowest BCUT2D eigenvalue weighted by molar-refractivity contribution is -0.138. The summed E-state index contributed by atoms with van der Waals surface area (Å²) < 4.78 is 45.1. The van der Waals surface area contributed by atoms with Gasteiger partial charge in [-0.15, -0.1) is 0 Å². The predicted molar refractivity (Wildman–Crippen MR) is 108 cm³/mol. The SMILES string of the molecule is CCCCOc1ccc(C2NNCC2C(=O)NCc2ccccc2C(F)(F)F)cc1. The standard InChI is InChI=1S/C22H26F3N3O2/c1-2-3-12-30-17-10-8-15(9-11-17)20-18(14-27-28-20)21(29)26-13-16-6-4-5-7-19(16)22(23,24)25/h4-11,18,20,27-28H,2-3,12-14H2,1H3,(H,26,29). The molecule has 3 rings (SSSR count). The van der Waals surface area contributed by atoms with Crippen LogP contribution in [0.2, 0.25) is 0 Å². The predicted octanol–water partition coefficient (Wildman–Crippen LogP) is 3.97. The van der Waals surface area contributed by atoms with E-state index in [0.29, 0.717) is 13.2 Å². The zero-order chi connectivity index (χ0) is 21.6. The van der Waals surface area contributed by atoms with Crippen molar-refractivity contribution in [3.8, 4) is 5.75 Å². The quantitative estimate of drug-likeness (QED) is 0.565. The highest BCUT2D eigenvalue weighted by atomic mass is 19.4. The Labute approximate surface area is 174 Å². The van der Waals surface area contributed by atoms with Crippen LogP contribution in [0.15, 0.2) is 48.5 Å². The van der Waals surface area contributed by atoms with Crippen molar-refractivity contribution >= 4 is 5.91 Å². The van der Waals surface area contributed by atoms with E-state index in [1.165, 1.54) is 18.2 Å². The number of halogens is 3. The van der Waals surface area contributed by atoms with E-state index in [2.05, 4.69) is 23.1 Å². The van der Waals surface area contributed by atoms with Gasteiger partial charge < -0.3 is 10.1 Å². The van der Waals surface area contributed by atoms with Crippen molar-refractivity contribution < 1.29 is 22.7 Å². The first-order chi connectivity index (χ1) is 14.4. The van der Waals surface area contributed by atoms with Crippen molar-refractivity contribution in [1.29, 1.82) is 0 Å². The molecule has 0 saturated carbocycles. The molecule has 2 unspecified atom stereocenters. The Morgan fingerprint density at radius 1 is 1.17 bits per heavy atom. The van der Waals surface area contributed by atoms with E-state index in [4.69, 9.17) is 4.74 Å². The van der Waals surface area contributed by atoms with E-state index >= 15 is 0 Å². The maximum Gasteiger partial charge on any atom is 0.416 e. The van der Waals surface area contributed by atoms with E-state index in [1.807, 2.05) is 24.3 Å². The number of nitrogens with one attached hydrogen (secondary N) is 3. The Bertz CT molecular complexity index is 840. The Morgan fingerprint density at radius 2 is 1.90 bits per heavy atom. The van der Waals surface area contributed by atoms with E-state index in [9.17, 15) is 18.0 Å². The van der Waals surface area contributed by atoms with Gasteiger partial charge in [0, 0.05) is 13.1 Å². The third kappa shape index (κ3) is 5.52. The molecule has 2 aromatic rings. The van der Waals surface area contributed by atoms with Crippen LogP contribution < -0.4 is 20.9 Å². The first kappa shape index (κ1) is 22.1. The molecule has 1 heterocycles. The molecule has 8 heteroatoms. The van der Waals surface area contributed by atoms with Crippen LogP contribution in [0, 0.1) is 5.92 Å². The number of unbranched alkanes of at least 4 members (excludes halogenated alkanes) is 1. The van der Waals surface area contributed by atoms with Crippen molar-refractivity contribution in [2.45, 2.75) is 38.5 Å². The lowest BCUT2D eigenvalue weighted by Crippen LogP contribution is -2.35. The summed E-state index contributed by atoms with van der Waals surface area (Å²) in [5.41, 5.74) is 6.26. The number of amides is 1. The maximum atomic E-state index is 13.1. The third-order valence-electron chi connectivity index (χ3n) is 5.10. The minimum atomic E-state index is -4.46. The van der Waals surface area contributed by atoms with Gasteiger partial charge in [0.2, 0.25) is 5.91 Å². The first-order valence-corrected chi connectivity index (χ1v) is 10.0. The number of alkyl halides is 3. The Morgan fingerprint density at radius 3 is 2.60 bits per heavy atom. The van der Waals surface area contributed by atoms with Crippen molar-refractivity contribution in [3.05, 3.63) is 65.2 Å². The minimum Gasteiger partial charge on any atom is -0.494 e. The van der Waals surface area contributed by atoms with Crippen molar-refractivity contribution in [3.63, 3.8) is 0 Å². The zero-order valence-electron chi connectivity index (χ0n) is 16.8. The molecule has 0 spiro atoms. The lowest BCUT2D eigenvalue weighted by atomic mass is 9.94. The Balaban J connectivity index is 1.62. The summed E-state index contributed by atoms with van der Waals surface area (Å²) in [6.45, 7) is 2.95. The average Bonchev–Trinajstić information content (AvgIpc) is 3.22. The number of hydrogen-bond acceptors (Lipinski definition) is 4. The number of rotatable bonds is 8. The molecular formula is C22H26F3N3O2. The van der Waals surface area contributed by atoms with Crippen LogP contribution in [-0.2, 0) is 17.5 Å². The molecule has 1 amide bonds. The number of carbonyl (C=O) groups excluding carboxylic acids is 1. The number of hydrogen-bond donors (Lipinski definition) is 3. The number of hydrazine groups is 1. The van der Waals surface area contributed by atoms with E-state index in [-0.39, 0.29) is 24.1 Å². The van der Waals surface area contributed by atoms with Crippen molar-refractivity contribution in [2.75, 3.05) is 13.2 Å². The largest absolute Gasteiger partial charge is 0.494 e. The average molecular weight is 421 g/mol. The van der Waals surface area contributed by atoms with E-state index < -0.39 is 17.7 Å². The molecular weight excluding hydrogens is 395 g/mol. The molecule has 1 saturated heterocycles. The molecule has 0 aliphatic carbocycles. The molecule has 0 bridgehead atoms. The van der Waals surface area contributed by atoms with Crippen LogP contribution in [0.1, 0.15) is 42.5 Å². The van der Waals surface area contributed by atoms with Crippen molar-refractivity contribution in [1.82, 2.24) is 16.2 Å². The second-order valence-electron chi connectivity index (χ2n) is 7.25. The van der Waals surface area contributed by atoms with Gasteiger partial charge >= 0.3 is 6.18 Å². The molecule has 3 N–H and O–H groups in total. The molecule has 1 fully saturated rings. The van der Waals surface area contributed by atoms with Gasteiger partial charge in [0.15, 0.2) is 0 Å². The molecule has 0 aromatic heterocycles. The van der Waals surface area contributed by atoms with Crippen LogP contribution in [0.5, 0.6) is 5.75 Å². The van der Waals surface area contributed by atoms with Gasteiger partial charge in [0.1, 0.15) is 5.75 Å². The fourth-order valence-corrected chi connectivity index (χ4v) is 3.43. The second kappa shape index (κ2) is 9.95. The first-order valence-electron chi connectivity index (χ1n) is 10.0. The summed E-state index contributed by atoms with van der Waals surface area (Å²) >= 11 is 0. The smallest absolute Gasteiger partial charge is 0.416 e. The summed E-state index contributed by atoms with van der Waals surface area (Å²) in [5.74, 6) is 0.00979. The summed E-state index contributed by atoms with van der Waals surface area (Å²) in [5, 5.41) is 2.66. The van der Waals surface area contributed by atoms with E-state index in [0.717, 1.165) is 30.2 Å². The maximum absolute atomic E-state index is 13.1. The van der Waals surface area contributed by atoms with Gasteiger partial charge in [-0.3, -0.25) is 10.2 Å². The number of ether oxygens (including phenoxy) is 1. The fourth-order valence-electron chi connectivity index (χ4n) is 3.43. The molecule has 30 heavy (non-hydrogen) atoms. The topological polar surface area (TPSA) is 62.4 Å². The van der Waals surface area contributed by atoms with Gasteiger partial charge in [-0.25, -0.2) is 5.43 Å². The summed E-state index contributed by atoms with van der Waals surface area (Å²) in [7, 11) is 0. The van der Waals surface area contributed by atoms with Crippen molar-refractivity contribution in [2.24, 2.45) is 5.92 Å². The lowest BCUT2D eigenvalue weighted by Gasteiger charge is -2.20. The molecule has 1 aliphatic heterocycles. The highest BCUT2D eigenvalue weighted by Gasteiger charge is 2.35. The number of carbonyl (C=O) groups is 1. The van der Waals surface area contributed by atoms with Gasteiger partial charge in [0.05, 0.1) is 24.1 Å². The molecule has 162 valence electrons. The molecule has 2 atom stereocenters. The van der Waals surface area contributed by atoms with Crippen LogP contribution in [0.4, 0.5) is 13.2 Å². The highest BCUT2D eigenvalue weighted by molar-refractivity contribution is 5.80. The van der Waals surface area contributed by atoms with Gasteiger partial charge in [-0.2, -0.15) is 13.2 Å². The van der Waals surface area contributed by atoms with Crippen LogP contribution in [0.3, 0.4) is 0 Å². The Kier molecular flexibility index (Phi) is 7.33. The van der Waals surface area contributed by atoms with Gasteiger partial charge in [-0.05, 0) is 35.7 Å². The fraction of sp³-hybridized carbons (Fsp3) is 0.409. The third-order valence-corrected chi connectivity index (χ3v) is 5.10. The van der Waals surface area contributed by atoms with Crippen LogP contribution in [-0.4, -0.2) is 19.1 Å². The number of benzene rings is 2.